The minimum Gasteiger partial charge on any atom is -0.309 e. The average molecular weight is 340 g/mol. The van der Waals surface area contributed by atoms with Gasteiger partial charge in [0.2, 0.25) is 5.95 Å². The van der Waals surface area contributed by atoms with Gasteiger partial charge in [-0.05, 0) is 49.5 Å². The summed E-state index contributed by atoms with van der Waals surface area (Å²) in [6, 6.07) is 11.8. The number of amides is 1. The first-order chi connectivity index (χ1) is 11.8. The molecule has 2 aromatic heterocycles. The monoisotopic (exact) mass is 340 g/mol. The Morgan fingerprint density at radius 3 is 2.75 bits per heavy atom. The second-order valence-electron chi connectivity index (χ2n) is 6.06. The van der Waals surface area contributed by atoms with E-state index in [4.69, 9.17) is 0 Å². The van der Waals surface area contributed by atoms with Crippen molar-refractivity contribution < 1.29 is 4.79 Å². The number of benzene rings is 1. The molecule has 4 rings (SSSR count). The summed E-state index contributed by atoms with van der Waals surface area (Å²) in [6.07, 6.45) is 2.57. The lowest BCUT2D eigenvalue weighted by atomic mass is 10.3. The van der Waals surface area contributed by atoms with E-state index in [1.54, 1.807) is 0 Å². The molecule has 3 aromatic rings. The van der Waals surface area contributed by atoms with Crippen LogP contribution in [0, 0.1) is 0 Å². The third kappa shape index (κ3) is 3.07. The van der Waals surface area contributed by atoms with E-state index in [1.807, 2.05) is 35.7 Å². The molecule has 24 heavy (non-hydrogen) atoms. The molecule has 1 amide bonds. The molecule has 0 spiro atoms. The topological polar surface area (TPSA) is 50.2 Å². The lowest BCUT2D eigenvalue weighted by Gasteiger charge is -2.16. The summed E-state index contributed by atoms with van der Waals surface area (Å²) in [7, 11) is 0. The number of rotatable bonds is 5. The number of nitrogens with zero attached hydrogens (tertiary/aromatic N) is 3. The Balaban J connectivity index is 1.60. The van der Waals surface area contributed by atoms with Crippen molar-refractivity contribution in [1.29, 1.82) is 0 Å². The van der Waals surface area contributed by atoms with Gasteiger partial charge in [-0.2, -0.15) is 0 Å². The highest BCUT2D eigenvalue weighted by Crippen LogP contribution is 2.21. The van der Waals surface area contributed by atoms with Crippen molar-refractivity contribution in [3.8, 4) is 0 Å². The Morgan fingerprint density at radius 1 is 1.12 bits per heavy atom. The molecule has 0 radical (unpaired) electrons. The van der Waals surface area contributed by atoms with Gasteiger partial charge in [0.15, 0.2) is 0 Å². The van der Waals surface area contributed by atoms with E-state index in [1.165, 1.54) is 37.3 Å². The standard InChI is InChI=1S/C18H20N4OS/c23-17(16-8-5-13-24-16)20-18-19-14-6-1-2-7-15(14)22(18)12-11-21-9-3-4-10-21/h1-2,5-8,13H,3-4,9-12H2,(H,19,20,23). The Bertz CT molecular complexity index is 834. The first-order valence-corrected chi connectivity index (χ1v) is 9.22. The van der Waals surface area contributed by atoms with Gasteiger partial charge in [0.25, 0.3) is 5.91 Å². The third-order valence-electron chi connectivity index (χ3n) is 4.46. The van der Waals surface area contributed by atoms with Crippen LogP contribution < -0.4 is 5.32 Å². The predicted molar refractivity (Wildman–Crippen MR) is 97.7 cm³/mol. The van der Waals surface area contributed by atoms with Gasteiger partial charge in [-0.1, -0.05) is 18.2 Å². The van der Waals surface area contributed by atoms with E-state index in [-0.39, 0.29) is 5.91 Å². The summed E-state index contributed by atoms with van der Waals surface area (Å²) >= 11 is 1.44. The van der Waals surface area contributed by atoms with Gasteiger partial charge in [0.05, 0.1) is 15.9 Å². The molecule has 0 unspecified atom stereocenters. The second kappa shape index (κ2) is 6.75. The maximum atomic E-state index is 12.4. The predicted octanol–water partition coefficient (Wildman–Crippen LogP) is 3.45. The molecule has 1 aliphatic rings. The van der Waals surface area contributed by atoms with Crippen molar-refractivity contribution in [3.63, 3.8) is 0 Å². The van der Waals surface area contributed by atoms with Crippen LogP contribution in [0.2, 0.25) is 0 Å². The highest BCUT2D eigenvalue weighted by atomic mass is 32.1. The van der Waals surface area contributed by atoms with Crippen LogP contribution in [0.3, 0.4) is 0 Å². The second-order valence-corrected chi connectivity index (χ2v) is 7.00. The molecular weight excluding hydrogens is 320 g/mol. The van der Waals surface area contributed by atoms with Gasteiger partial charge in [-0.3, -0.25) is 10.1 Å². The molecule has 0 saturated carbocycles. The number of carbonyl (C=O) groups excluding carboxylic acids is 1. The van der Waals surface area contributed by atoms with Crippen LogP contribution in [0.4, 0.5) is 5.95 Å². The first-order valence-electron chi connectivity index (χ1n) is 8.34. The van der Waals surface area contributed by atoms with Crippen LogP contribution in [0.25, 0.3) is 11.0 Å². The van der Waals surface area contributed by atoms with E-state index in [0.29, 0.717) is 10.8 Å². The summed E-state index contributed by atoms with van der Waals surface area (Å²) in [5, 5.41) is 4.89. The zero-order chi connectivity index (χ0) is 16.4. The molecule has 6 heteroatoms. The van der Waals surface area contributed by atoms with Gasteiger partial charge >= 0.3 is 0 Å². The van der Waals surface area contributed by atoms with Crippen molar-refractivity contribution in [1.82, 2.24) is 14.5 Å². The largest absolute Gasteiger partial charge is 0.309 e. The number of anilines is 1. The van der Waals surface area contributed by atoms with Crippen molar-refractivity contribution in [2.45, 2.75) is 19.4 Å². The molecule has 1 saturated heterocycles. The van der Waals surface area contributed by atoms with Crippen LogP contribution in [-0.2, 0) is 6.54 Å². The quantitative estimate of drug-likeness (QED) is 0.774. The van der Waals surface area contributed by atoms with Crippen LogP contribution in [0.1, 0.15) is 22.5 Å². The van der Waals surface area contributed by atoms with E-state index >= 15 is 0 Å². The summed E-state index contributed by atoms with van der Waals surface area (Å²) in [5.74, 6) is 0.538. The van der Waals surface area contributed by atoms with Gasteiger partial charge < -0.3 is 9.47 Å². The number of thiophene rings is 1. The number of imidazole rings is 1. The molecule has 1 aliphatic heterocycles. The molecular formula is C18H20N4OS. The number of nitrogens with one attached hydrogen (secondary N) is 1. The van der Waals surface area contributed by atoms with Crippen molar-refractivity contribution in [3.05, 3.63) is 46.7 Å². The van der Waals surface area contributed by atoms with Crippen LogP contribution >= 0.6 is 11.3 Å². The van der Waals surface area contributed by atoms with Crippen LogP contribution in [-0.4, -0.2) is 40.0 Å². The fourth-order valence-corrected chi connectivity index (χ4v) is 3.83. The highest BCUT2D eigenvalue weighted by Gasteiger charge is 2.17. The Morgan fingerprint density at radius 2 is 1.96 bits per heavy atom. The SMILES string of the molecule is O=C(Nc1nc2ccccc2n1CCN1CCCC1)c1cccs1. The van der Waals surface area contributed by atoms with E-state index < -0.39 is 0 Å². The molecule has 1 fully saturated rings. The number of hydrogen-bond donors (Lipinski definition) is 1. The summed E-state index contributed by atoms with van der Waals surface area (Å²) in [4.78, 5) is 20.2. The summed E-state index contributed by atoms with van der Waals surface area (Å²) < 4.78 is 2.12. The fourth-order valence-electron chi connectivity index (χ4n) is 3.22. The molecule has 124 valence electrons. The Hall–Kier alpha value is -2.18. The van der Waals surface area contributed by atoms with Crippen molar-refractivity contribution >= 4 is 34.2 Å². The van der Waals surface area contributed by atoms with E-state index in [2.05, 4.69) is 25.8 Å². The summed E-state index contributed by atoms with van der Waals surface area (Å²) in [5.41, 5.74) is 1.98. The molecule has 1 aromatic carbocycles. The van der Waals surface area contributed by atoms with E-state index in [0.717, 1.165) is 24.1 Å². The van der Waals surface area contributed by atoms with Crippen molar-refractivity contribution in [2.24, 2.45) is 0 Å². The normalized spacial score (nSPS) is 15.2. The van der Waals surface area contributed by atoms with Crippen LogP contribution in [0.15, 0.2) is 41.8 Å². The first kappa shape index (κ1) is 15.4. The molecule has 0 bridgehead atoms. The molecule has 0 aliphatic carbocycles. The fraction of sp³-hybridized carbons (Fsp3) is 0.333. The molecule has 5 nitrogen and oxygen atoms in total. The summed E-state index contributed by atoms with van der Waals surface area (Å²) in [6.45, 7) is 4.16. The minimum atomic E-state index is -0.0947. The third-order valence-corrected chi connectivity index (χ3v) is 5.33. The van der Waals surface area contributed by atoms with Crippen LogP contribution in [0.5, 0.6) is 0 Å². The smallest absolute Gasteiger partial charge is 0.268 e. The van der Waals surface area contributed by atoms with E-state index in [9.17, 15) is 4.79 Å². The lowest BCUT2D eigenvalue weighted by molar-refractivity contribution is 0.102. The number of hydrogen-bond acceptors (Lipinski definition) is 4. The number of likely N-dealkylation sites (tertiary alicyclic amines) is 1. The minimum absolute atomic E-state index is 0.0947. The zero-order valence-corrected chi connectivity index (χ0v) is 14.3. The molecule has 0 atom stereocenters. The zero-order valence-electron chi connectivity index (χ0n) is 13.4. The maximum absolute atomic E-state index is 12.4. The van der Waals surface area contributed by atoms with Crippen molar-refractivity contribution in [2.75, 3.05) is 25.0 Å². The number of fused-ring (bicyclic) bond motifs is 1. The maximum Gasteiger partial charge on any atom is 0.268 e. The molecule has 1 N–H and O–H groups in total. The Kier molecular flexibility index (Phi) is 4.32. The van der Waals surface area contributed by atoms with Gasteiger partial charge in [0, 0.05) is 13.1 Å². The molecule has 3 heterocycles. The van der Waals surface area contributed by atoms with Gasteiger partial charge in [-0.25, -0.2) is 4.98 Å². The van der Waals surface area contributed by atoms with Gasteiger partial charge in [-0.15, -0.1) is 11.3 Å². The number of para-hydroxylation sites is 2. The number of carbonyl (C=O) groups is 1. The average Bonchev–Trinajstić information content (AvgIpc) is 3.34. The lowest BCUT2D eigenvalue weighted by Crippen LogP contribution is -2.25. The highest BCUT2D eigenvalue weighted by molar-refractivity contribution is 7.12. The number of aromatic nitrogens is 2. The van der Waals surface area contributed by atoms with Gasteiger partial charge in [0.1, 0.15) is 0 Å². The Labute approximate surface area is 144 Å².